The number of nitrogens with two attached hydrogens (primary N) is 1. The number of hydrogen-bond donors (Lipinski definition) is 4. The van der Waals surface area contributed by atoms with Crippen molar-refractivity contribution < 1.29 is 29.2 Å². The molecule has 0 fully saturated rings. The Hall–Kier alpha value is -2.97. The van der Waals surface area contributed by atoms with Gasteiger partial charge < -0.3 is 35.5 Å². The Morgan fingerprint density at radius 1 is 1.19 bits per heavy atom. The number of benzene rings is 2. The van der Waals surface area contributed by atoms with E-state index in [-0.39, 0.29) is 17.9 Å². The first kappa shape index (κ1) is 20.3. The molecule has 0 aliphatic rings. The van der Waals surface area contributed by atoms with Crippen molar-refractivity contribution in [3.8, 4) is 23.0 Å². The van der Waals surface area contributed by atoms with Crippen LogP contribution in [0.5, 0.6) is 23.0 Å². The SMILES string of the molecule is COc1ccccc1OCC(O)CNCCOc1ccc(O)c(C(N)=O)c1. The molecule has 2 aromatic carbocycles. The summed E-state index contributed by atoms with van der Waals surface area (Å²) in [6.45, 7) is 1.22. The molecular formula is C19H24N2O6. The van der Waals surface area contributed by atoms with Gasteiger partial charge in [-0.25, -0.2) is 0 Å². The van der Waals surface area contributed by atoms with Crippen LogP contribution in [-0.4, -0.2) is 55.6 Å². The number of nitrogens with one attached hydrogen (secondary N) is 1. The average Bonchev–Trinajstić information content (AvgIpc) is 2.67. The number of aliphatic hydroxyl groups excluding tert-OH is 1. The Kier molecular flexibility index (Phi) is 7.72. The van der Waals surface area contributed by atoms with Crippen molar-refractivity contribution in [3.05, 3.63) is 48.0 Å². The number of ether oxygens (including phenoxy) is 3. The number of carbonyl (C=O) groups is 1. The lowest BCUT2D eigenvalue weighted by Gasteiger charge is -2.15. The Balaban J connectivity index is 1.66. The van der Waals surface area contributed by atoms with Gasteiger partial charge in [0.2, 0.25) is 0 Å². The van der Waals surface area contributed by atoms with E-state index in [2.05, 4.69) is 5.32 Å². The van der Waals surface area contributed by atoms with Gasteiger partial charge in [0, 0.05) is 13.1 Å². The highest BCUT2D eigenvalue weighted by molar-refractivity contribution is 5.95. The second-order valence-electron chi connectivity index (χ2n) is 5.71. The monoisotopic (exact) mass is 376 g/mol. The summed E-state index contributed by atoms with van der Waals surface area (Å²) in [5.74, 6) is 0.680. The normalized spacial score (nSPS) is 11.6. The molecule has 5 N–H and O–H groups in total. The predicted octanol–water partition coefficient (Wildman–Crippen LogP) is 0.908. The first-order valence-corrected chi connectivity index (χ1v) is 8.41. The molecule has 0 saturated heterocycles. The molecule has 1 unspecified atom stereocenters. The van der Waals surface area contributed by atoms with E-state index in [1.165, 1.54) is 18.2 Å². The maximum absolute atomic E-state index is 11.2. The minimum absolute atomic E-state index is 0.00405. The highest BCUT2D eigenvalue weighted by Crippen LogP contribution is 2.25. The molecule has 8 heteroatoms. The summed E-state index contributed by atoms with van der Waals surface area (Å²) in [6.07, 6.45) is -0.704. The fourth-order valence-electron chi connectivity index (χ4n) is 2.29. The van der Waals surface area contributed by atoms with Gasteiger partial charge in [-0.3, -0.25) is 4.79 Å². The Morgan fingerprint density at radius 3 is 2.63 bits per heavy atom. The Labute approximate surface area is 157 Å². The fourth-order valence-corrected chi connectivity index (χ4v) is 2.29. The Bertz CT molecular complexity index is 753. The van der Waals surface area contributed by atoms with Crippen molar-refractivity contribution in [2.45, 2.75) is 6.10 Å². The van der Waals surface area contributed by atoms with E-state index in [0.717, 1.165) is 0 Å². The largest absolute Gasteiger partial charge is 0.507 e. The zero-order valence-electron chi connectivity index (χ0n) is 15.1. The number of rotatable bonds is 11. The number of para-hydroxylation sites is 2. The lowest BCUT2D eigenvalue weighted by molar-refractivity contribution is 0.0996. The zero-order chi connectivity index (χ0) is 19.6. The van der Waals surface area contributed by atoms with Gasteiger partial charge >= 0.3 is 0 Å². The van der Waals surface area contributed by atoms with Gasteiger partial charge in [-0.05, 0) is 30.3 Å². The van der Waals surface area contributed by atoms with Crippen molar-refractivity contribution in [2.24, 2.45) is 5.73 Å². The van der Waals surface area contributed by atoms with E-state index < -0.39 is 12.0 Å². The third-order valence-corrected chi connectivity index (χ3v) is 3.66. The number of methoxy groups -OCH3 is 1. The molecule has 2 rings (SSSR count). The van der Waals surface area contributed by atoms with Crippen LogP contribution in [0, 0.1) is 0 Å². The number of amides is 1. The third-order valence-electron chi connectivity index (χ3n) is 3.66. The first-order chi connectivity index (χ1) is 13.0. The zero-order valence-corrected chi connectivity index (χ0v) is 15.1. The quantitative estimate of drug-likeness (QED) is 0.430. The molecule has 0 heterocycles. The fraction of sp³-hybridized carbons (Fsp3) is 0.316. The molecule has 0 aromatic heterocycles. The Morgan fingerprint density at radius 2 is 1.93 bits per heavy atom. The van der Waals surface area contributed by atoms with Gasteiger partial charge in [-0.15, -0.1) is 0 Å². The molecule has 27 heavy (non-hydrogen) atoms. The number of carbonyl (C=O) groups excluding carboxylic acids is 1. The molecule has 1 atom stereocenters. The lowest BCUT2D eigenvalue weighted by atomic mass is 10.2. The van der Waals surface area contributed by atoms with Gasteiger partial charge in [-0.2, -0.15) is 0 Å². The van der Waals surface area contributed by atoms with E-state index in [9.17, 15) is 15.0 Å². The molecule has 0 radical (unpaired) electrons. The summed E-state index contributed by atoms with van der Waals surface area (Å²) < 4.78 is 16.2. The highest BCUT2D eigenvalue weighted by atomic mass is 16.5. The van der Waals surface area contributed by atoms with Crippen LogP contribution in [0.15, 0.2) is 42.5 Å². The second-order valence-corrected chi connectivity index (χ2v) is 5.71. The predicted molar refractivity (Wildman–Crippen MR) is 99.5 cm³/mol. The maximum Gasteiger partial charge on any atom is 0.252 e. The molecule has 0 aliphatic heterocycles. The van der Waals surface area contributed by atoms with Crippen LogP contribution in [0.25, 0.3) is 0 Å². The number of aliphatic hydroxyl groups is 1. The van der Waals surface area contributed by atoms with E-state index in [1.54, 1.807) is 19.2 Å². The molecule has 1 amide bonds. The van der Waals surface area contributed by atoms with Crippen molar-refractivity contribution in [1.82, 2.24) is 5.32 Å². The van der Waals surface area contributed by atoms with Gasteiger partial charge in [0.05, 0.1) is 12.7 Å². The van der Waals surface area contributed by atoms with Crippen LogP contribution in [-0.2, 0) is 0 Å². The van der Waals surface area contributed by atoms with Crippen molar-refractivity contribution in [1.29, 1.82) is 0 Å². The molecule has 146 valence electrons. The minimum atomic E-state index is -0.728. The van der Waals surface area contributed by atoms with E-state index in [1.807, 2.05) is 12.1 Å². The van der Waals surface area contributed by atoms with Crippen molar-refractivity contribution in [2.75, 3.05) is 33.4 Å². The summed E-state index contributed by atoms with van der Waals surface area (Å²) in [7, 11) is 1.56. The molecule has 0 spiro atoms. The van der Waals surface area contributed by atoms with Crippen LogP contribution >= 0.6 is 0 Å². The molecule has 8 nitrogen and oxygen atoms in total. The number of phenols is 1. The lowest BCUT2D eigenvalue weighted by Crippen LogP contribution is -2.33. The smallest absolute Gasteiger partial charge is 0.252 e. The van der Waals surface area contributed by atoms with Crippen LogP contribution < -0.4 is 25.3 Å². The number of hydrogen-bond acceptors (Lipinski definition) is 7. The first-order valence-electron chi connectivity index (χ1n) is 8.41. The van der Waals surface area contributed by atoms with E-state index in [4.69, 9.17) is 19.9 Å². The van der Waals surface area contributed by atoms with Crippen molar-refractivity contribution in [3.63, 3.8) is 0 Å². The van der Waals surface area contributed by atoms with Crippen LogP contribution in [0.1, 0.15) is 10.4 Å². The van der Waals surface area contributed by atoms with Gasteiger partial charge in [-0.1, -0.05) is 12.1 Å². The van der Waals surface area contributed by atoms with Gasteiger partial charge in [0.25, 0.3) is 5.91 Å². The average molecular weight is 376 g/mol. The summed E-state index contributed by atoms with van der Waals surface area (Å²) >= 11 is 0. The van der Waals surface area contributed by atoms with E-state index >= 15 is 0 Å². The van der Waals surface area contributed by atoms with Crippen LogP contribution in [0.4, 0.5) is 0 Å². The van der Waals surface area contributed by atoms with Crippen LogP contribution in [0.3, 0.4) is 0 Å². The summed E-state index contributed by atoms with van der Waals surface area (Å²) in [6, 6.07) is 11.5. The summed E-state index contributed by atoms with van der Waals surface area (Å²) in [4.78, 5) is 11.2. The van der Waals surface area contributed by atoms with E-state index in [0.29, 0.717) is 36.9 Å². The van der Waals surface area contributed by atoms with Gasteiger partial charge in [0.1, 0.15) is 30.8 Å². The topological polar surface area (TPSA) is 123 Å². The minimum Gasteiger partial charge on any atom is -0.507 e. The molecule has 0 saturated carbocycles. The van der Waals surface area contributed by atoms with Gasteiger partial charge in [0.15, 0.2) is 11.5 Å². The highest BCUT2D eigenvalue weighted by Gasteiger charge is 2.10. The van der Waals surface area contributed by atoms with Crippen molar-refractivity contribution >= 4 is 5.91 Å². The molecule has 0 aliphatic carbocycles. The molecule has 2 aromatic rings. The summed E-state index contributed by atoms with van der Waals surface area (Å²) in [5, 5.41) is 22.5. The standard InChI is InChI=1S/C19H24N2O6/c1-25-17-4-2-3-5-18(17)27-12-13(22)11-21-8-9-26-14-6-7-16(23)15(10-14)19(20)24/h2-7,10,13,21-23H,8-9,11-12H2,1H3,(H2,20,24). The molecule has 0 bridgehead atoms. The maximum atomic E-state index is 11.2. The number of aromatic hydroxyl groups is 1. The second kappa shape index (κ2) is 10.2. The van der Waals surface area contributed by atoms with Crippen LogP contribution in [0.2, 0.25) is 0 Å². The third kappa shape index (κ3) is 6.36. The molecular weight excluding hydrogens is 352 g/mol. The number of primary amides is 1. The summed E-state index contributed by atoms with van der Waals surface area (Å²) in [5.41, 5.74) is 5.17.